The molecule has 0 saturated carbocycles. The smallest absolute Gasteiger partial charge is 0.419 e. The molecule has 4 nitrogen and oxygen atoms in total. The molecule has 0 amide bonds. The molecule has 0 aliphatic carbocycles. The highest BCUT2D eigenvalue weighted by molar-refractivity contribution is 14.1. The quantitative estimate of drug-likeness (QED) is 0.713. The summed E-state index contributed by atoms with van der Waals surface area (Å²) in [6, 6.07) is 0. The van der Waals surface area contributed by atoms with Crippen molar-refractivity contribution in [3.8, 4) is 0 Å². The van der Waals surface area contributed by atoms with Gasteiger partial charge in [0.1, 0.15) is 5.60 Å². The highest BCUT2D eigenvalue weighted by Gasteiger charge is 2.19. The zero-order valence-electron chi connectivity index (χ0n) is 10.1. The van der Waals surface area contributed by atoms with Crippen LogP contribution in [-0.4, -0.2) is 22.8 Å². The van der Waals surface area contributed by atoms with Crippen molar-refractivity contribution < 1.29 is 9.53 Å². The number of hydrogen-bond donors (Lipinski definition) is 1. The second kappa shape index (κ2) is 4.36. The lowest BCUT2D eigenvalue weighted by Crippen LogP contribution is -2.40. The van der Waals surface area contributed by atoms with Crippen molar-refractivity contribution in [1.29, 1.82) is 0 Å². The van der Waals surface area contributed by atoms with Crippen LogP contribution in [0, 0.1) is 3.57 Å². The standard InChI is InChI=1S/C12H15IN2O2/c1-12(2,3)17-11(16)15-7-9(13)8-6-14-5-4-10(8)15/h4,6-7,14H,5H2,1-3H3. The number of nitrogens with zero attached hydrogens (tertiary/aromatic N) is 1. The number of carbonyl (C=O) groups is 1. The Hall–Kier alpha value is -0.980. The van der Waals surface area contributed by atoms with Crippen LogP contribution in [0.2, 0.25) is 0 Å². The Kier molecular flexibility index (Phi) is 3.20. The van der Waals surface area contributed by atoms with Crippen LogP contribution in [0.5, 0.6) is 0 Å². The molecule has 0 fully saturated rings. The first-order valence-electron chi connectivity index (χ1n) is 5.42. The summed E-state index contributed by atoms with van der Waals surface area (Å²) in [7, 11) is 0. The Morgan fingerprint density at radius 3 is 2.88 bits per heavy atom. The summed E-state index contributed by atoms with van der Waals surface area (Å²) in [4.78, 5) is 12.0. The van der Waals surface area contributed by atoms with Gasteiger partial charge in [-0.25, -0.2) is 4.79 Å². The molecular weight excluding hydrogens is 331 g/mol. The molecule has 1 aromatic rings. The Morgan fingerprint density at radius 2 is 2.24 bits per heavy atom. The van der Waals surface area contributed by atoms with Crippen molar-refractivity contribution in [3.63, 3.8) is 0 Å². The number of hydrogen-bond acceptors (Lipinski definition) is 3. The molecule has 2 heterocycles. The van der Waals surface area contributed by atoms with Gasteiger partial charge in [0.25, 0.3) is 0 Å². The van der Waals surface area contributed by atoms with Crippen LogP contribution in [0.1, 0.15) is 20.8 Å². The molecule has 0 bridgehead atoms. The average Bonchev–Trinajstić information content (AvgIpc) is 2.55. The normalized spacial score (nSPS) is 14.1. The summed E-state index contributed by atoms with van der Waals surface area (Å²) in [5.41, 5.74) is -0.476. The fourth-order valence-corrected chi connectivity index (χ4v) is 2.35. The van der Waals surface area contributed by atoms with Gasteiger partial charge < -0.3 is 10.1 Å². The highest BCUT2D eigenvalue weighted by Crippen LogP contribution is 2.08. The Bertz CT molecular complexity index is 567. The SMILES string of the molecule is CC(C)(C)OC(=O)n1cc(I)c2c1=CCNC=2. The van der Waals surface area contributed by atoms with E-state index in [1.807, 2.05) is 33.0 Å². The Morgan fingerprint density at radius 1 is 1.53 bits per heavy atom. The lowest BCUT2D eigenvalue weighted by Gasteiger charge is -2.19. The second-order valence-electron chi connectivity index (χ2n) is 4.88. The van der Waals surface area contributed by atoms with Gasteiger partial charge in [0.05, 0.1) is 5.35 Å². The molecule has 5 heteroatoms. The molecule has 0 radical (unpaired) electrons. The summed E-state index contributed by atoms with van der Waals surface area (Å²) in [6.45, 7) is 6.32. The highest BCUT2D eigenvalue weighted by atomic mass is 127. The van der Waals surface area contributed by atoms with E-state index < -0.39 is 5.60 Å². The molecule has 2 rings (SSSR count). The summed E-state index contributed by atoms with van der Waals surface area (Å²) >= 11 is 2.21. The van der Waals surface area contributed by atoms with Crippen LogP contribution >= 0.6 is 22.6 Å². The van der Waals surface area contributed by atoms with Crippen molar-refractivity contribution in [1.82, 2.24) is 9.88 Å². The van der Waals surface area contributed by atoms with Crippen LogP contribution in [0.4, 0.5) is 4.79 Å². The zero-order valence-corrected chi connectivity index (χ0v) is 12.2. The monoisotopic (exact) mass is 346 g/mol. The summed E-state index contributed by atoms with van der Waals surface area (Å²) in [5, 5.41) is 5.08. The van der Waals surface area contributed by atoms with E-state index >= 15 is 0 Å². The third kappa shape index (κ3) is 2.65. The number of halogens is 1. The molecule has 0 unspecified atom stereocenters. The summed E-state index contributed by atoms with van der Waals surface area (Å²) in [6.07, 6.45) is 5.39. The van der Waals surface area contributed by atoms with Crippen molar-refractivity contribution in [2.75, 3.05) is 6.54 Å². The first-order valence-corrected chi connectivity index (χ1v) is 6.50. The van der Waals surface area contributed by atoms with E-state index in [-0.39, 0.29) is 6.09 Å². The third-order valence-electron chi connectivity index (χ3n) is 2.29. The van der Waals surface area contributed by atoms with Crippen LogP contribution in [0.15, 0.2) is 6.20 Å². The molecule has 0 aromatic carbocycles. The minimum Gasteiger partial charge on any atom is -0.443 e. The number of fused-ring (bicyclic) bond motifs is 1. The van der Waals surface area contributed by atoms with E-state index in [2.05, 4.69) is 27.9 Å². The minimum atomic E-state index is -0.476. The largest absolute Gasteiger partial charge is 0.443 e. The van der Waals surface area contributed by atoms with Crippen LogP contribution < -0.4 is 15.9 Å². The van der Waals surface area contributed by atoms with Gasteiger partial charge in [0.2, 0.25) is 0 Å². The lowest BCUT2D eigenvalue weighted by atomic mass is 10.2. The van der Waals surface area contributed by atoms with E-state index in [1.165, 1.54) is 0 Å². The first-order chi connectivity index (χ1) is 7.88. The number of carbonyl (C=O) groups excluding carboxylic acids is 1. The van der Waals surface area contributed by atoms with E-state index in [0.717, 1.165) is 20.7 Å². The maximum absolute atomic E-state index is 12.0. The molecule has 1 aromatic heterocycles. The number of nitrogens with one attached hydrogen (secondary N) is 1. The van der Waals surface area contributed by atoms with Gasteiger partial charge in [-0.05, 0) is 49.4 Å². The van der Waals surface area contributed by atoms with Gasteiger partial charge in [-0.3, -0.25) is 4.57 Å². The van der Waals surface area contributed by atoms with Crippen molar-refractivity contribution >= 4 is 41.0 Å². The van der Waals surface area contributed by atoms with Gasteiger partial charge in [-0.2, -0.15) is 0 Å². The number of aromatic nitrogens is 1. The average molecular weight is 346 g/mol. The Labute approximate surface area is 113 Å². The molecule has 0 atom stereocenters. The predicted molar refractivity (Wildman–Crippen MR) is 75.0 cm³/mol. The van der Waals surface area contributed by atoms with Crippen LogP contribution in [0.25, 0.3) is 12.3 Å². The topological polar surface area (TPSA) is 43.3 Å². The van der Waals surface area contributed by atoms with Gasteiger partial charge in [-0.15, -0.1) is 0 Å². The van der Waals surface area contributed by atoms with Gasteiger partial charge in [0, 0.05) is 27.7 Å². The molecular formula is C12H15IN2O2. The van der Waals surface area contributed by atoms with E-state index in [4.69, 9.17) is 4.74 Å². The molecule has 1 N–H and O–H groups in total. The number of ether oxygens (including phenoxy) is 1. The fraction of sp³-hybridized carbons (Fsp3) is 0.417. The predicted octanol–water partition coefficient (Wildman–Crippen LogP) is 0.998. The van der Waals surface area contributed by atoms with Crippen molar-refractivity contribution in [3.05, 3.63) is 20.3 Å². The van der Waals surface area contributed by atoms with Crippen molar-refractivity contribution in [2.45, 2.75) is 26.4 Å². The van der Waals surface area contributed by atoms with E-state index in [0.29, 0.717) is 0 Å². The van der Waals surface area contributed by atoms with Gasteiger partial charge >= 0.3 is 6.09 Å². The summed E-state index contributed by atoms with van der Waals surface area (Å²) in [5.74, 6) is 0. The molecule has 1 aliphatic rings. The van der Waals surface area contributed by atoms with Gasteiger partial charge in [0.15, 0.2) is 0 Å². The number of rotatable bonds is 0. The summed E-state index contributed by atoms with van der Waals surface area (Å²) < 4.78 is 7.97. The second-order valence-corrected chi connectivity index (χ2v) is 6.05. The van der Waals surface area contributed by atoms with Crippen LogP contribution in [-0.2, 0) is 4.74 Å². The molecule has 1 aliphatic heterocycles. The molecule has 92 valence electrons. The minimum absolute atomic E-state index is 0.330. The lowest BCUT2D eigenvalue weighted by molar-refractivity contribution is 0.0532. The van der Waals surface area contributed by atoms with Crippen LogP contribution in [0.3, 0.4) is 0 Å². The fourth-order valence-electron chi connectivity index (χ4n) is 1.63. The van der Waals surface area contributed by atoms with E-state index in [9.17, 15) is 4.79 Å². The molecule has 0 spiro atoms. The third-order valence-corrected chi connectivity index (χ3v) is 3.14. The first kappa shape index (κ1) is 12.5. The van der Waals surface area contributed by atoms with Gasteiger partial charge in [-0.1, -0.05) is 0 Å². The molecule has 17 heavy (non-hydrogen) atoms. The van der Waals surface area contributed by atoms with Crippen molar-refractivity contribution in [2.24, 2.45) is 0 Å². The van der Waals surface area contributed by atoms with E-state index in [1.54, 1.807) is 10.8 Å². The zero-order chi connectivity index (χ0) is 12.6. The molecule has 0 saturated heterocycles. The Balaban J connectivity index is 2.45. The maximum atomic E-state index is 12.0. The maximum Gasteiger partial charge on any atom is 0.419 e.